The summed E-state index contributed by atoms with van der Waals surface area (Å²) in [5, 5.41) is 3.90. The van der Waals surface area contributed by atoms with Crippen molar-refractivity contribution in [2.45, 2.75) is 6.54 Å². The molecule has 4 aromatic rings. The average Bonchev–Trinajstić information content (AvgIpc) is 3.24. The van der Waals surface area contributed by atoms with Crippen LogP contribution in [0.5, 0.6) is 11.5 Å². The van der Waals surface area contributed by atoms with Gasteiger partial charge in [0, 0.05) is 29.5 Å². The van der Waals surface area contributed by atoms with Crippen molar-refractivity contribution in [1.82, 2.24) is 19.5 Å². The summed E-state index contributed by atoms with van der Waals surface area (Å²) in [6.45, 7) is 1.08. The standard InChI is InChI=1S/C20H17ClFN5O2.2H2O/c1-28-18-10-17-14(9-19(18)29-7-6-27-5-4-23-12-27)20(25-11-24-17)26-13-2-3-16(22)15(21)8-13;;/h2-5,8-12H,6-7H2,1H3,(H,24,25,26);2*1H2. The first-order valence-electron chi connectivity index (χ1n) is 8.77. The highest BCUT2D eigenvalue weighted by Gasteiger charge is 2.12. The van der Waals surface area contributed by atoms with E-state index < -0.39 is 5.82 Å². The maximum absolute atomic E-state index is 13.4. The molecule has 2 aromatic carbocycles. The molecule has 0 spiro atoms. The van der Waals surface area contributed by atoms with Gasteiger partial charge in [-0.25, -0.2) is 19.3 Å². The van der Waals surface area contributed by atoms with Gasteiger partial charge in [-0.2, -0.15) is 0 Å². The Morgan fingerprint density at radius 1 is 1.13 bits per heavy atom. The first-order chi connectivity index (χ1) is 14.1. The van der Waals surface area contributed by atoms with Gasteiger partial charge in [0.1, 0.15) is 24.6 Å². The second kappa shape index (κ2) is 10.5. The Morgan fingerprint density at radius 3 is 2.68 bits per heavy atom. The zero-order valence-electron chi connectivity index (χ0n) is 16.5. The van der Waals surface area contributed by atoms with Crippen LogP contribution in [-0.4, -0.2) is 44.2 Å². The van der Waals surface area contributed by atoms with Crippen molar-refractivity contribution in [3.05, 3.63) is 66.2 Å². The lowest BCUT2D eigenvalue weighted by Crippen LogP contribution is -2.07. The molecule has 2 aromatic heterocycles. The maximum atomic E-state index is 13.4. The fourth-order valence-corrected chi connectivity index (χ4v) is 3.01. The summed E-state index contributed by atoms with van der Waals surface area (Å²) in [6, 6.07) is 7.97. The number of nitrogens with one attached hydrogen (secondary N) is 1. The minimum absolute atomic E-state index is 0. The van der Waals surface area contributed by atoms with Crippen LogP contribution in [0.25, 0.3) is 10.9 Å². The lowest BCUT2D eigenvalue weighted by molar-refractivity contribution is 0.280. The molecule has 31 heavy (non-hydrogen) atoms. The lowest BCUT2D eigenvalue weighted by atomic mass is 10.2. The molecule has 0 unspecified atom stereocenters. The number of anilines is 2. The predicted molar refractivity (Wildman–Crippen MR) is 116 cm³/mol. The summed E-state index contributed by atoms with van der Waals surface area (Å²) < 4.78 is 26.7. The molecule has 0 amide bonds. The van der Waals surface area contributed by atoms with Crippen molar-refractivity contribution in [1.29, 1.82) is 0 Å². The third-order valence-electron chi connectivity index (χ3n) is 4.27. The highest BCUT2D eigenvalue weighted by atomic mass is 35.5. The fourth-order valence-electron chi connectivity index (χ4n) is 2.83. The van der Waals surface area contributed by atoms with Crippen molar-refractivity contribution < 1.29 is 24.8 Å². The summed E-state index contributed by atoms with van der Waals surface area (Å²) in [7, 11) is 1.57. The number of hydrogen-bond donors (Lipinski definition) is 1. The van der Waals surface area contributed by atoms with Crippen LogP contribution in [0.4, 0.5) is 15.9 Å². The second-order valence-corrected chi connectivity index (χ2v) is 6.55. The third-order valence-corrected chi connectivity index (χ3v) is 4.56. The first-order valence-corrected chi connectivity index (χ1v) is 9.15. The molecule has 164 valence electrons. The maximum Gasteiger partial charge on any atom is 0.162 e. The Kier molecular flexibility index (Phi) is 8.08. The van der Waals surface area contributed by atoms with E-state index in [9.17, 15) is 4.39 Å². The number of hydrogen-bond acceptors (Lipinski definition) is 6. The third kappa shape index (κ3) is 5.37. The Labute approximate surface area is 182 Å². The highest BCUT2D eigenvalue weighted by Crippen LogP contribution is 2.35. The van der Waals surface area contributed by atoms with Gasteiger partial charge in [0.05, 0.1) is 30.5 Å². The summed E-state index contributed by atoms with van der Waals surface area (Å²) in [4.78, 5) is 12.6. The van der Waals surface area contributed by atoms with E-state index >= 15 is 0 Å². The van der Waals surface area contributed by atoms with E-state index in [2.05, 4.69) is 20.3 Å². The molecule has 5 N–H and O–H groups in total. The molecule has 0 fully saturated rings. The second-order valence-electron chi connectivity index (χ2n) is 6.15. The number of imidazole rings is 1. The number of nitrogens with zero attached hydrogens (tertiary/aromatic N) is 4. The van der Waals surface area contributed by atoms with Gasteiger partial charge in [0.2, 0.25) is 0 Å². The summed E-state index contributed by atoms with van der Waals surface area (Å²) in [5.74, 6) is 1.19. The molecule has 4 rings (SSSR count). The molecule has 2 heterocycles. The molecular weight excluding hydrogens is 429 g/mol. The van der Waals surface area contributed by atoms with Crippen molar-refractivity contribution >= 4 is 34.0 Å². The predicted octanol–water partition coefficient (Wildman–Crippen LogP) is 2.80. The van der Waals surface area contributed by atoms with Crippen LogP contribution in [0.1, 0.15) is 0 Å². The largest absolute Gasteiger partial charge is 0.493 e. The smallest absolute Gasteiger partial charge is 0.162 e. The molecule has 11 heteroatoms. The van der Waals surface area contributed by atoms with E-state index in [1.54, 1.807) is 31.8 Å². The molecule has 0 atom stereocenters. The van der Waals surface area contributed by atoms with Crippen LogP contribution in [-0.2, 0) is 6.54 Å². The quantitative estimate of drug-likeness (QED) is 0.460. The summed E-state index contributed by atoms with van der Waals surface area (Å²) in [6.07, 6.45) is 6.75. The van der Waals surface area contributed by atoms with Gasteiger partial charge in [-0.1, -0.05) is 11.6 Å². The van der Waals surface area contributed by atoms with Gasteiger partial charge < -0.3 is 30.3 Å². The number of fused-ring (bicyclic) bond motifs is 1. The molecular formula is C20H21ClFN5O4. The Balaban J connectivity index is 0.00000171. The topological polar surface area (TPSA) is 137 Å². The molecule has 0 saturated carbocycles. The Morgan fingerprint density at radius 2 is 1.97 bits per heavy atom. The van der Waals surface area contributed by atoms with Crippen molar-refractivity contribution in [2.24, 2.45) is 0 Å². The van der Waals surface area contributed by atoms with E-state index in [4.69, 9.17) is 21.1 Å². The van der Waals surface area contributed by atoms with Gasteiger partial charge in [-0.3, -0.25) is 0 Å². The van der Waals surface area contributed by atoms with E-state index in [1.165, 1.54) is 18.5 Å². The minimum Gasteiger partial charge on any atom is -0.493 e. The lowest BCUT2D eigenvalue weighted by Gasteiger charge is -2.14. The molecule has 0 radical (unpaired) electrons. The van der Waals surface area contributed by atoms with Crippen LogP contribution in [0.3, 0.4) is 0 Å². The monoisotopic (exact) mass is 449 g/mol. The summed E-state index contributed by atoms with van der Waals surface area (Å²) in [5.41, 5.74) is 1.28. The zero-order chi connectivity index (χ0) is 20.2. The van der Waals surface area contributed by atoms with Crippen LogP contribution in [0, 0.1) is 5.82 Å². The van der Waals surface area contributed by atoms with Crippen molar-refractivity contribution in [3.8, 4) is 11.5 Å². The number of rotatable bonds is 7. The van der Waals surface area contributed by atoms with Gasteiger partial charge in [0.25, 0.3) is 0 Å². The number of methoxy groups -OCH3 is 1. The van der Waals surface area contributed by atoms with Gasteiger partial charge >= 0.3 is 0 Å². The van der Waals surface area contributed by atoms with Crippen LogP contribution < -0.4 is 14.8 Å². The van der Waals surface area contributed by atoms with E-state index in [1.807, 2.05) is 16.8 Å². The molecule has 0 aliphatic heterocycles. The van der Waals surface area contributed by atoms with Gasteiger partial charge in [-0.15, -0.1) is 0 Å². The van der Waals surface area contributed by atoms with Gasteiger partial charge in [0.15, 0.2) is 11.5 Å². The van der Waals surface area contributed by atoms with E-state index in [-0.39, 0.29) is 16.0 Å². The number of halogens is 2. The average molecular weight is 450 g/mol. The first kappa shape index (κ1) is 23.8. The Hall–Kier alpha value is -3.47. The van der Waals surface area contributed by atoms with Gasteiger partial charge in [-0.05, 0) is 24.3 Å². The SMILES string of the molecule is COc1cc2ncnc(Nc3ccc(F)c(Cl)c3)c2cc1OCCn1ccnc1.O.O. The molecule has 0 aliphatic carbocycles. The minimum atomic E-state index is -0.483. The van der Waals surface area contributed by atoms with Crippen LogP contribution >= 0.6 is 11.6 Å². The van der Waals surface area contributed by atoms with Crippen LogP contribution in [0.2, 0.25) is 5.02 Å². The molecule has 0 aliphatic rings. The van der Waals surface area contributed by atoms with Crippen molar-refractivity contribution in [3.63, 3.8) is 0 Å². The number of ether oxygens (including phenoxy) is 2. The molecule has 0 bridgehead atoms. The van der Waals surface area contributed by atoms with E-state index in [0.717, 1.165) is 5.39 Å². The van der Waals surface area contributed by atoms with Crippen molar-refractivity contribution in [2.75, 3.05) is 19.0 Å². The van der Waals surface area contributed by atoms with E-state index in [0.29, 0.717) is 41.7 Å². The Bertz CT molecular complexity index is 1140. The molecule has 9 nitrogen and oxygen atoms in total. The fraction of sp³-hybridized carbons (Fsp3) is 0.150. The molecule has 0 saturated heterocycles. The normalized spacial score (nSPS) is 10.2. The van der Waals surface area contributed by atoms with Crippen LogP contribution in [0.15, 0.2) is 55.4 Å². The number of benzene rings is 2. The highest BCUT2D eigenvalue weighted by molar-refractivity contribution is 6.31. The number of aromatic nitrogens is 4. The zero-order valence-corrected chi connectivity index (χ0v) is 17.2. The summed E-state index contributed by atoms with van der Waals surface area (Å²) >= 11 is 5.87.